The van der Waals surface area contributed by atoms with Crippen molar-refractivity contribution in [3.8, 4) is 11.5 Å². The van der Waals surface area contributed by atoms with Gasteiger partial charge in [-0.05, 0) is 40.4 Å². The minimum atomic E-state index is -1.40. The fourth-order valence-corrected chi connectivity index (χ4v) is 4.51. The summed E-state index contributed by atoms with van der Waals surface area (Å²) in [4.78, 5) is 25.3. The lowest BCUT2D eigenvalue weighted by molar-refractivity contribution is -0.136. The van der Waals surface area contributed by atoms with E-state index in [2.05, 4.69) is 10.6 Å². The summed E-state index contributed by atoms with van der Waals surface area (Å²) in [5, 5.41) is 21.8. The minimum Gasteiger partial charge on any atom is -0.486 e. The molecule has 3 N–H and O–H groups in total. The zero-order chi connectivity index (χ0) is 20.3. The average molecular weight is 431 g/mol. The SMILES string of the molecule is O=C(NCC(O)(c1ccsc1)c1cccs1)C(=O)Nc1ccc2c(c1)OCCO2. The van der Waals surface area contributed by atoms with Crippen LogP contribution >= 0.6 is 22.7 Å². The van der Waals surface area contributed by atoms with E-state index in [0.29, 0.717) is 40.8 Å². The molecule has 0 saturated carbocycles. The number of hydrogen-bond acceptors (Lipinski definition) is 7. The molecule has 3 heterocycles. The number of amides is 2. The first-order chi connectivity index (χ1) is 14.1. The van der Waals surface area contributed by atoms with E-state index in [1.807, 2.05) is 22.2 Å². The summed E-state index contributed by atoms with van der Waals surface area (Å²) in [5.41, 5.74) is -0.320. The molecule has 2 amide bonds. The Bertz CT molecular complexity index is 968. The number of benzene rings is 1. The summed E-state index contributed by atoms with van der Waals surface area (Å²) in [7, 11) is 0. The molecule has 7 nitrogen and oxygen atoms in total. The molecular weight excluding hydrogens is 412 g/mol. The molecule has 2 aromatic heterocycles. The molecule has 1 unspecified atom stereocenters. The van der Waals surface area contributed by atoms with Gasteiger partial charge >= 0.3 is 11.8 Å². The first-order valence-electron chi connectivity index (χ1n) is 8.84. The lowest BCUT2D eigenvalue weighted by Crippen LogP contribution is -2.44. The molecule has 4 rings (SSSR count). The van der Waals surface area contributed by atoms with Crippen LogP contribution in [0.4, 0.5) is 5.69 Å². The lowest BCUT2D eigenvalue weighted by atomic mass is 9.94. The molecule has 0 bridgehead atoms. The van der Waals surface area contributed by atoms with Crippen molar-refractivity contribution in [1.29, 1.82) is 0 Å². The highest BCUT2D eigenvalue weighted by molar-refractivity contribution is 7.10. The standard InChI is InChI=1S/C20H18N2O5S2/c23-18(19(24)22-14-3-4-15-16(10-14)27-7-6-26-15)21-12-20(25,13-5-9-28-11-13)17-2-1-8-29-17/h1-5,8-11,25H,6-7,12H2,(H,21,23)(H,22,24). The van der Waals surface area contributed by atoms with Gasteiger partial charge in [0.05, 0.1) is 6.54 Å². The molecular formula is C20H18N2O5S2. The molecule has 0 aliphatic carbocycles. The topological polar surface area (TPSA) is 96.9 Å². The second kappa shape index (κ2) is 8.24. The number of anilines is 1. The van der Waals surface area contributed by atoms with Crippen molar-refractivity contribution >= 4 is 40.2 Å². The van der Waals surface area contributed by atoms with Gasteiger partial charge in [0.25, 0.3) is 0 Å². The van der Waals surface area contributed by atoms with E-state index in [4.69, 9.17) is 9.47 Å². The first-order valence-corrected chi connectivity index (χ1v) is 10.7. The highest BCUT2D eigenvalue weighted by atomic mass is 32.1. The molecule has 0 saturated heterocycles. The molecule has 150 valence electrons. The van der Waals surface area contributed by atoms with E-state index < -0.39 is 17.4 Å². The molecule has 1 aliphatic heterocycles. The number of nitrogens with one attached hydrogen (secondary N) is 2. The highest BCUT2D eigenvalue weighted by Crippen LogP contribution is 2.34. The zero-order valence-corrected chi connectivity index (χ0v) is 16.8. The van der Waals surface area contributed by atoms with E-state index in [0.717, 1.165) is 0 Å². The third-order valence-corrected chi connectivity index (χ3v) is 6.14. The van der Waals surface area contributed by atoms with Gasteiger partial charge in [0.2, 0.25) is 0 Å². The Hall–Kier alpha value is -2.88. The number of carbonyl (C=O) groups excluding carboxylic acids is 2. The number of carbonyl (C=O) groups is 2. The maximum Gasteiger partial charge on any atom is 0.313 e. The van der Waals surface area contributed by atoms with Crippen LogP contribution in [0.15, 0.2) is 52.5 Å². The largest absolute Gasteiger partial charge is 0.486 e. The van der Waals surface area contributed by atoms with Crippen molar-refractivity contribution in [3.63, 3.8) is 0 Å². The summed E-state index contributed by atoms with van der Waals surface area (Å²) in [6.45, 7) is 0.769. The van der Waals surface area contributed by atoms with E-state index >= 15 is 0 Å². The molecule has 29 heavy (non-hydrogen) atoms. The lowest BCUT2D eigenvalue weighted by Gasteiger charge is -2.26. The summed E-state index contributed by atoms with van der Waals surface area (Å²) in [5.74, 6) is -0.569. The number of thiophene rings is 2. The van der Waals surface area contributed by atoms with Crippen LogP contribution in [-0.4, -0.2) is 36.7 Å². The minimum absolute atomic E-state index is 0.127. The van der Waals surface area contributed by atoms with Crippen LogP contribution in [0.3, 0.4) is 0 Å². The van der Waals surface area contributed by atoms with Crippen LogP contribution in [0.2, 0.25) is 0 Å². The normalized spacial score (nSPS) is 14.7. The molecule has 1 atom stereocenters. The summed E-state index contributed by atoms with van der Waals surface area (Å²) in [6, 6.07) is 10.3. The Morgan fingerprint density at radius 3 is 2.62 bits per heavy atom. The van der Waals surface area contributed by atoms with Gasteiger partial charge in [-0.25, -0.2) is 0 Å². The third-order valence-electron chi connectivity index (χ3n) is 4.44. The van der Waals surface area contributed by atoms with Crippen molar-refractivity contribution in [2.45, 2.75) is 5.60 Å². The maximum absolute atomic E-state index is 12.3. The smallest absolute Gasteiger partial charge is 0.313 e. The van der Waals surface area contributed by atoms with Gasteiger partial charge in [-0.15, -0.1) is 11.3 Å². The molecule has 9 heteroatoms. The van der Waals surface area contributed by atoms with Gasteiger partial charge in [0.15, 0.2) is 11.5 Å². The van der Waals surface area contributed by atoms with Crippen molar-refractivity contribution in [3.05, 3.63) is 63.0 Å². The van der Waals surface area contributed by atoms with E-state index in [9.17, 15) is 14.7 Å². The van der Waals surface area contributed by atoms with E-state index in [1.54, 1.807) is 30.3 Å². The molecule has 0 radical (unpaired) electrons. The maximum atomic E-state index is 12.3. The quantitative estimate of drug-likeness (QED) is 0.541. The summed E-state index contributed by atoms with van der Waals surface area (Å²) >= 11 is 2.83. The van der Waals surface area contributed by atoms with Gasteiger partial charge in [0.1, 0.15) is 18.8 Å². The van der Waals surface area contributed by atoms with Crippen molar-refractivity contribution < 1.29 is 24.2 Å². The summed E-state index contributed by atoms with van der Waals surface area (Å²) < 4.78 is 10.9. The van der Waals surface area contributed by atoms with Gasteiger partial charge < -0.3 is 25.2 Å². The van der Waals surface area contributed by atoms with Gasteiger partial charge in [-0.2, -0.15) is 11.3 Å². The van der Waals surface area contributed by atoms with E-state index in [-0.39, 0.29) is 6.54 Å². The number of hydrogen-bond donors (Lipinski definition) is 3. The molecule has 1 aliphatic rings. The Labute approximate surface area is 174 Å². The fraction of sp³-hybridized carbons (Fsp3) is 0.200. The Balaban J connectivity index is 1.42. The summed E-state index contributed by atoms with van der Waals surface area (Å²) in [6.07, 6.45) is 0. The molecule has 3 aromatic rings. The second-order valence-corrected chi connectivity index (χ2v) is 8.07. The van der Waals surface area contributed by atoms with Crippen LogP contribution in [-0.2, 0) is 15.2 Å². The number of rotatable bonds is 5. The van der Waals surface area contributed by atoms with Crippen LogP contribution in [0.1, 0.15) is 10.4 Å². The zero-order valence-electron chi connectivity index (χ0n) is 15.2. The van der Waals surface area contributed by atoms with Gasteiger partial charge in [-0.3, -0.25) is 9.59 Å². The van der Waals surface area contributed by atoms with Crippen LogP contribution in [0, 0.1) is 0 Å². The predicted molar refractivity (Wildman–Crippen MR) is 111 cm³/mol. The van der Waals surface area contributed by atoms with Crippen molar-refractivity contribution in [2.24, 2.45) is 0 Å². The van der Waals surface area contributed by atoms with Crippen LogP contribution < -0.4 is 20.1 Å². The highest BCUT2D eigenvalue weighted by Gasteiger charge is 2.34. The molecule has 0 spiro atoms. The van der Waals surface area contributed by atoms with Crippen LogP contribution in [0.5, 0.6) is 11.5 Å². The average Bonchev–Trinajstić information content (AvgIpc) is 3.46. The van der Waals surface area contributed by atoms with Gasteiger partial charge in [0, 0.05) is 22.2 Å². The van der Waals surface area contributed by atoms with E-state index in [1.165, 1.54) is 22.7 Å². The molecule has 0 fully saturated rings. The molecule has 1 aromatic carbocycles. The van der Waals surface area contributed by atoms with Gasteiger partial charge in [-0.1, -0.05) is 6.07 Å². The predicted octanol–water partition coefficient (Wildman–Crippen LogP) is 2.57. The van der Waals surface area contributed by atoms with Crippen molar-refractivity contribution in [2.75, 3.05) is 25.1 Å². The number of aliphatic hydroxyl groups is 1. The monoisotopic (exact) mass is 430 g/mol. The van der Waals surface area contributed by atoms with Crippen molar-refractivity contribution in [1.82, 2.24) is 5.32 Å². The Morgan fingerprint density at radius 1 is 1.07 bits per heavy atom. The fourth-order valence-electron chi connectivity index (χ4n) is 2.94. The number of ether oxygens (including phenoxy) is 2. The third kappa shape index (κ3) is 4.12. The first kappa shape index (κ1) is 19.4. The second-order valence-electron chi connectivity index (χ2n) is 6.34. The number of fused-ring (bicyclic) bond motifs is 1. The Morgan fingerprint density at radius 2 is 1.90 bits per heavy atom. The van der Waals surface area contributed by atoms with Crippen LogP contribution in [0.25, 0.3) is 0 Å². The Kier molecular flexibility index (Phi) is 5.52.